The van der Waals surface area contributed by atoms with Crippen molar-refractivity contribution in [3.05, 3.63) is 39.0 Å². The zero-order chi connectivity index (χ0) is 17.3. The Kier molecular flexibility index (Phi) is 4.70. The Morgan fingerprint density at radius 3 is 2.58 bits per heavy atom. The van der Waals surface area contributed by atoms with Gasteiger partial charge in [-0.1, -0.05) is 0 Å². The fourth-order valence-electron chi connectivity index (χ4n) is 2.79. The molecule has 0 aromatic carbocycles. The summed E-state index contributed by atoms with van der Waals surface area (Å²) in [6.45, 7) is 1.51. The molecule has 9 heteroatoms. The number of nitrogens with one attached hydrogen (secondary N) is 1. The van der Waals surface area contributed by atoms with E-state index in [1.165, 1.54) is 4.68 Å². The lowest BCUT2D eigenvalue weighted by Gasteiger charge is -2.34. The number of carbonyl (C=O) groups excluding carboxylic acids is 1. The van der Waals surface area contributed by atoms with E-state index < -0.39 is 0 Å². The number of hydrogen-bond acceptors (Lipinski definition) is 5. The lowest BCUT2D eigenvalue weighted by atomic mass is 10.0. The summed E-state index contributed by atoms with van der Waals surface area (Å²) in [4.78, 5) is 26.3. The van der Waals surface area contributed by atoms with Crippen molar-refractivity contribution in [1.29, 1.82) is 0 Å². The average molecular weight is 395 g/mol. The van der Waals surface area contributed by atoms with Gasteiger partial charge in [0, 0.05) is 39.4 Å². The van der Waals surface area contributed by atoms with Gasteiger partial charge in [-0.15, -0.1) is 0 Å². The molecule has 0 aliphatic carbocycles. The maximum atomic E-state index is 12.2. The van der Waals surface area contributed by atoms with E-state index in [-0.39, 0.29) is 17.5 Å². The average Bonchev–Trinajstić information content (AvgIpc) is 3.00. The summed E-state index contributed by atoms with van der Waals surface area (Å²) < 4.78 is 3.43. The van der Waals surface area contributed by atoms with Gasteiger partial charge in [-0.05, 0) is 28.8 Å². The molecule has 1 aliphatic heterocycles. The molecular formula is C15H19BrN6O2. The van der Waals surface area contributed by atoms with Crippen LogP contribution in [0.15, 0.2) is 27.9 Å². The predicted octanol–water partition coefficient (Wildman–Crippen LogP) is 0.675. The van der Waals surface area contributed by atoms with Crippen LogP contribution in [0.25, 0.3) is 0 Å². The number of piperidine rings is 1. The van der Waals surface area contributed by atoms with Crippen molar-refractivity contribution in [2.24, 2.45) is 14.1 Å². The molecule has 1 saturated heterocycles. The molecule has 8 nitrogen and oxygen atoms in total. The Bertz CT molecular complexity index is 807. The van der Waals surface area contributed by atoms with E-state index in [4.69, 9.17) is 0 Å². The second-order valence-corrected chi connectivity index (χ2v) is 6.70. The Labute approximate surface area is 147 Å². The first kappa shape index (κ1) is 16.7. The molecule has 0 radical (unpaired) electrons. The van der Waals surface area contributed by atoms with Crippen LogP contribution in [0, 0.1) is 0 Å². The second-order valence-electron chi connectivity index (χ2n) is 5.91. The highest BCUT2D eigenvalue weighted by molar-refractivity contribution is 9.10. The smallest absolute Gasteiger partial charge is 0.282 e. The van der Waals surface area contributed by atoms with E-state index in [1.807, 2.05) is 0 Å². The van der Waals surface area contributed by atoms with Crippen LogP contribution in [-0.4, -0.2) is 44.6 Å². The maximum Gasteiger partial charge on any atom is 0.282 e. The quantitative estimate of drug-likeness (QED) is 0.826. The van der Waals surface area contributed by atoms with Crippen molar-refractivity contribution in [2.45, 2.75) is 18.9 Å². The number of halogens is 1. The van der Waals surface area contributed by atoms with Gasteiger partial charge >= 0.3 is 0 Å². The highest BCUT2D eigenvalue weighted by Crippen LogP contribution is 2.25. The van der Waals surface area contributed by atoms with Crippen LogP contribution in [0.3, 0.4) is 0 Å². The Morgan fingerprint density at radius 1 is 1.25 bits per heavy atom. The van der Waals surface area contributed by atoms with E-state index in [9.17, 15) is 9.59 Å². The third-order valence-corrected chi connectivity index (χ3v) is 4.94. The topological polar surface area (TPSA) is 85.0 Å². The number of amides is 1. The summed E-state index contributed by atoms with van der Waals surface area (Å²) in [6, 6.07) is 0.118. The first-order valence-electron chi connectivity index (χ1n) is 7.72. The zero-order valence-corrected chi connectivity index (χ0v) is 15.2. The van der Waals surface area contributed by atoms with E-state index >= 15 is 0 Å². The highest BCUT2D eigenvalue weighted by Gasteiger charge is 2.24. The third kappa shape index (κ3) is 3.35. The van der Waals surface area contributed by atoms with Gasteiger partial charge < -0.3 is 10.2 Å². The van der Waals surface area contributed by atoms with Crippen molar-refractivity contribution < 1.29 is 4.79 Å². The van der Waals surface area contributed by atoms with Gasteiger partial charge in [0.25, 0.3) is 11.5 Å². The lowest BCUT2D eigenvalue weighted by molar-refractivity contribution is 0.0931. The van der Waals surface area contributed by atoms with Crippen LogP contribution >= 0.6 is 15.9 Å². The number of rotatable bonds is 3. The molecule has 1 fully saturated rings. The molecule has 1 aliphatic rings. The van der Waals surface area contributed by atoms with E-state index in [2.05, 4.69) is 36.3 Å². The molecule has 0 saturated carbocycles. The number of aromatic nitrogens is 4. The highest BCUT2D eigenvalue weighted by atomic mass is 79.9. The molecule has 3 rings (SSSR count). The number of hydrogen-bond donors (Lipinski definition) is 1. The molecule has 2 aromatic rings. The Hall–Kier alpha value is -2.16. The summed E-state index contributed by atoms with van der Waals surface area (Å²) in [5.74, 6) is -0.0991. The normalized spacial score (nSPS) is 15.5. The SMILES string of the molecule is Cn1cc(C(=O)NC2CCN(c3cnn(C)c(=O)c3Br)CC2)cn1. The van der Waals surface area contributed by atoms with Crippen molar-refractivity contribution in [1.82, 2.24) is 24.9 Å². The molecule has 0 atom stereocenters. The van der Waals surface area contributed by atoms with Crippen LogP contribution < -0.4 is 15.8 Å². The number of aryl methyl sites for hydroxylation is 2. The summed E-state index contributed by atoms with van der Waals surface area (Å²) in [5, 5.41) is 11.1. The predicted molar refractivity (Wildman–Crippen MR) is 93.1 cm³/mol. The molecule has 1 amide bonds. The van der Waals surface area contributed by atoms with Gasteiger partial charge in [-0.2, -0.15) is 10.2 Å². The standard InChI is InChI=1S/C15H19BrN6O2/c1-20-9-10(7-17-20)14(23)19-11-3-5-22(6-4-11)12-8-18-21(2)15(24)13(12)16/h7-9,11H,3-6H2,1-2H3,(H,19,23). The van der Waals surface area contributed by atoms with Crippen molar-refractivity contribution in [2.75, 3.05) is 18.0 Å². The van der Waals surface area contributed by atoms with Crippen molar-refractivity contribution in [3.8, 4) is 0 Å². The zero-order valence-electron chi connectivity index (χ0n) is 13.6. The van der Waals surface area contributed by atoms with E-state index in [0.717, 1.165) is 31.6 Å². The molecule has 0 spiro atoms. The monoisotopic (exact) mass is 394 g/mol. The largest absolute Gasteiger partial charge is 0.369 e. The molecule has 1 N–H and O–H groups in total. The van der Waals surface area contributed by atoms with E-state index in [0.29, 0.717) is 10.0 Å². The first-order valence-corrected chi connectivity index (χ1v) is 8.51. The number of carbonyl (C=O) groups is 1. The van der Waals surface area contributed by atoms with Gasteiger partial charge in [0.1, 0.15) is 4.47 Å². The van der Waals surface area contributed by atoms with Crippen LogP contribution in [0.1, 0.15) is 23.2 Å². The Balaban J connectivity index is 1.61. The minimum absolute atomic E-state index is 0.0991. The summed E-state index contributed by atoms with van der Waals surface area (Å²) in [6.07, 6.45) is 6.58. The van der Waals surface area contributed by atoms with Crippen LogP contribution in [-0.2, 0) is 14.1 Å². The molecule has 128 valence electrons. The molecule has 3 heterocycles. The molecular weight excluding hydrogens is 376 g/mol. The minimum atomic E-state index is -0.153. The van der Waals surface area contributed by atoms with Gasteiger partial charge in [-0.3, -0.25) is 14.3 Å². The van der Waals surface area contributed by atoms with E-state index in [1.54, 1.807) is 37.4 Å². The van der Waals surface area contributed by atoms with Crippen molar-refractivity contribution >= 4 is 27.5 Å². The fourth-order valence-corrected chi connectivity index (χ4v) is 3.40. The van der Waals surface area contributed by atoms with Crippen LogP contribution in [0.2, 0.25) is 0 Å². The molecule has 24 heavy (non-hydrogen) atoms. The Morgan fingerprint density at radius 2 is 1.96 bits per heavy atom. The molecule has 0 bridgehead atoms. The fraction of sp³-hybridized carbons (Fsp3) is 0.467. The summed E-state index contributed by atoms with van der Waals surface area (Å²) in [5.41, 5.74) is 1.22. The number of nitrogens with zero attached hydrogens (tertiary/aromatic N) is 5. The number of anilines is 1. The lowest BCUT2D eigenvalue weighted by Crippen LogP contribution is -2.45. The van der Waals surface area contributed by atoms with Gasteiger partial charge in [0.05, 0.1) is 23.6 Å². The minimum Gasteiger partial charge on any atom is -0.369 e. The van der Waals surface area contributed by atoms with Gasteiger partial charge in [0.2, 0.25) is 0 Å². The summed E-state index contributed by atoms with van der Waals surface area (Å²) in [7, 11) is 3.41. The molecule has 2 aromatic heterocycles. The van der Waals surface area contributed by atoms with Crippen LogP contribution in [0.4, 0.5) is 5.69 Å². The second kappa shape index (κ2) is 6.76. The van der Waals surface area contributed by atoms with Gasteiger partial charge in [-0.25, -0.2) is 4.68 Å². The first-order chi connectivity index (χ1) is 11.5. The van der Waals surface area contributed by atoms with Crippen LogP contribution in [0.5, 0.6) is 0 Å². The van der Waals surface area contributed by atoms with Gasteiger partial charge in [0.15, 0.2) is 0 Å². The van der Waals surface area contributed by atoms with Crippen molar-refractivity contribution in [3.63, 3.8) is 0 Å². The molecule has 0 unspecified atom stereocenters. The third-order valence-electron chi connectivity index (χ3n) is 4.20. The summed E-state index contributed by atoms with van der Waals surface area (Å²) >= 11 is 3.36. The maximum absolute atomic E-state index is 12.2.